The number of carboxylic acids is 2. The van der Waals surface area contributed by atoms with Crippen LogP contribution in [0.3, 0.4) is 0 Å². The number of benzene rings is 1. The molecule has 6 N–H and O–H groups in total. The van der Waals surface area contributed by atoms with Crippen LogP contribution in [0.15, 0.2) is 30.3 Å². The zero-order chi connectivity index (χ0) is 20.9. The van der Waals surface area contributed by atoms with Crippen molar-refractivity contribution < 1.29 is 34.1 Å². The Kier molecular flexibility index (Phi) is 10.8. The molecule has 1 rings (SSSR count). The van der Waals surface area contributed by atoms with Crippen LogP contribution >= 0.6 is 21.6 Å². The topological polar surface area (TPSA) is 168 Å². The quantitative estimate of drug-likeness (QED) is 0.229. The highest BCUT2D eigenvalue weighted by molar-refractivity contribution is 8.76. The van der Waals surface area contributed by atoms with Crippen LogP contribution < -0.4 is 16.4 Å². The van der Waals surface area contributed by atoms with Gasteiger partial charge in [-0.25, -0.2) is 14.4 Å². The molecule has 0 saturated carbocycles. The first-order valence-corrected chi connectivity index (χ1v) is 10.5. The summed E-state index contributed by atoms with van der Waals surface area (Å²) in [6.07, 6.45) is -0.875. The highest BCUT2D eigenvalue weighted by Crippen LogP contribution is 2.23. The molecule has 0 fully saturated rings. The molecule has 0 heterocycles. The van der Waals surface area contributed by atoms with Gasteiger partial charge in [0, 0.05) is 11.5 Å². The third kappa shape index (κ3) is 9.48. The molecule has 2 atom stereocenters. The van der Waals surface area contributed by atoms with Crippen LogP contribution in [0, 0.1) is 0 Å². The number of alkyl carbamates (subject to hydrolysis) is 1. The minimum Gasteiger partial charge on any atom is -0.480 e. The third-order valence-electron chi connectivity index (χ3n) is 3.17. The van der Waals surface area contributed by atoms with E-state index in [0.29, 0.717) is 0 Å². The van der Waals surface area contributed by atoms with Crippen molar-refractivity contribution >= 4 is 45.5 Å². The fourth-order valence-corrected chi connectivity index (χ4v) is 4.05. The number of hydrogen-bond donors (Lipinski definition) is 5. The van der Waals surface area contributed by atoms with E-state index in [0.717, 1.165) is 27.2 Å². The second-order valence-corrected chi connectivity index (χ2v) is 7.88. The number of carbonyl (C=O) groups excluding carboxylic acids is 2. The fraction of sp³-hybridized carbons (Fsp3) is 0.375. The van der Waals surface area contributed by atoms with Gasteiger partial charge >= 0.3 is 18.0 Å². The van der Waals surface area contributed by atoms with Crippen molar-refractivity contribution in [2.45, 2.75) is 18.7 Å². The summed E-state index contributed by atoms with van der Waals surface area (Å²) in [6, 6.07) is 6.53. The monoisotopic (exact) mass is 431 g/mol. The Labute approximate surface area is 169 Å². The van der Waals surface area contributed by atoms with Crippen LogP contribution in [0.25, 0.3) is 0 Å². The van der Waals surface area contributed by atoms with Gasteiger partial charge in [-0.3, -0.25) is 4.79 Å². The Morgan fingerprint density at radius 1 is 0.964 bits per heavy atom. The summed E-state index contributed by atoms with van der Waals surface area (Å²) >= 11 is 0. The summed E-state index contributed by atoms with van der Waals surface area (Å²) in [4.78, 5) is 45.3. The van der Waals surface area contributed by atoms with Gasteiger partial charge in [-0.05, 0) is 5.56 Å². The van der Waals surface area contributed by atoms with Gasteiger partial charge in [0.2, 0.25) is 5.91 Å². The van der Waals surface area contributed by atoms with Crippen molar-refractivity contribution in [3.8, 4) is 0 Å². The van der Waals surface area contributed by atoms with E-state index < -0.39 is 36.0 Å². The average molecular weight is 431 g/mol. The minimum atomic E-state index is -1.25. The van der Waals surface area contributed by atoms with Crippen LogP contribution in [0.4, 0.5) is 4.79 Å². The standard InChI is InChI=1S/C16H21N3O7S2/c17-6-13(20)18-11(14(21)22)8-27-28-9-12(15(23)24)19-16(25)26-7-10-4-2-1-3-5-10/h1-5,11-12H,6-9,17H2,(H,18,20)(H,19,25)(H,21,22)(H,23,24). The van der Waals surface area contributed by atoms with Crippen LogP contribution in [0.1, 0.15) is 5.56 Å². The molecule has 0 radical (unpaired) electrons. The molecule has 12 heteroatoms. The van der Waals surface area contributed by atoms with E-state index in [2.05, 4.69) is 10.6 Å². The Hall–Kier alpha value is -2.44. The van der Waals surface area contributed by atoms with Crippen molar-refractivity contribution in [1.82, 2.24) is 10.6 Å². The minimum absolute atomic E-state index is 0.00202. The Balaban J connectivity index is 2.39. The van der Waals surface area contributed by atoms with E-state index in [1.54, 1.807) is 24.3 Å². The fourth-order valence-electron chi connectivity index (χ4n) is 1.74. The molecule has 0 spiro atoms. The number of amides is 2. The lowest BCUT2D eigenvalue weighted by atomic mass is 10.2. The maximum Gasteiger partial charge on any atom is 0.408 e. The summed E-state index contributed by atoms with van der Waals surface area (Å²) in [7, 11) is 2.10. The van der Waals surface area contributed by atoms with Gasteiger partial charge in [0.25, 0.3) is 0 Å². The molecule has 2 unspecified atom stereocenters. The van der Waals surface area contributed by atoms with E-state index in [4.69, 9.17) is 15.6 Å². The third-order valence-corrected chi connectivity index (χ3v) is 5.60. The molecular weight excluding hydrogens is 410 g/mol. The molecule has 0 aromatic heterocycles. The SMILES string of the molecule is NCC(=O)NC(CSSCC(NC(=O)OCc1ccccc1)C(=O)O)C(=O)O. The Morgan fingerprint density at radius 3 is 2.00 bits per heavy atom. The van der Waals surface area contributed by atoms with Crippen LogP contribution in [-0.2, 0) is 25.7 Å². The highest BCUT2D eigenvalue weighted by Gasteiger charge is 2.23. The summed E-state index contributed by atoms with van der Waals surface area (Å²) < 4.78 is 4.97. The average Bonchev–Trinajstić information content (AvgIpc) is 2.67. The normalized spacial score (nSPS) is 12.5. The predicted molar refractivity (Wildman–Crippen MR) is 105 cm³/mol. The van der Waals surface area contributed by atoms with Crippen LogP contribution in [-0.4, -0.2) is 64.3 Å². The molecule has 1 aromatic rings. The van der Waals surface area contributed by atoms with E-state index in [9.17, 15) is 24.3 Å². The molecule has 0 aliphatic carbocycles. The van der Waals surface area contributed by atoms with Crippen molar-refractivity contribution in [2.75, 3.05) is 18.1 Å². The lowest BCUT2D eigenvalue weighted by Gasteiger charge is -2.16. The zero-order valence-electron chi connectivity index (χ0n) is 14.7. The molecular formula is C16H21N3O7S2. The van der Waals surface area contributed by atoms with Crippen LogP contribution in [0.5, 0.6) is 0 Å². The van der Waals surface area contributed by atoms with E-state index in [1.165, 1.54) is 0 Å². The molecule has 0 aliphatic rings. The van der Waals surface area contributed by atoms with Gasteiger partial charge in [0.15, 0.2) is 0 Å². The second-order valence-electron chi connectivity index (χ2n) is 5.33. The molecule has 28 heavy (non-hydrogen) atoms. The number of nitrogens with two attached hydrogens (primary N) is 1. The maximum atomic E-state index is 11.8. The van der Waals surface area contributed by atoms with Gasteiger partial charge < -0.3 is 31.3 Å². The van der Waals surface area contributed by atoms with E-state index in [-0.39, 0.29) is 24.7 Å². The number of carbonyl (C=O) groups is 4. The van der Waals surface area contributed by atoms with E-state index >= 15 is 0 Å². The van der Waals surface area contributed by atoms with Crippen molar-refractivity contribution in [3.63, 3.8) is 0 Å². The number of carboxylic acid groups (broad SMARTS) is 2. The van der Waals surface area contributed by atoms with Crippen molar-refractivity contribution in [1.29, 1.82) is 0 Å². The molecule has 154 valence electrons. The predicted octanol–water partition coefficient (Wildman–Crippen LogP) is 0.275. The van der Waals surface area contributed by atoms with Gasteiger partial charge in [0.05, 0.1) is 6.54 Å². The van der Waals surface area contributed by atoms with Crippen LogP contribution in [0.2, 0.25) is 0 Å². The summed E-state index contributed by atoms with van der Waals surface area (Å²) in [6.45, 7) is -0.334. The van der Waals surface area contributed by atoms with E-state index in [1.807, 2.05) is 6.07 Å². The summed E-state index contributed by atoms with van der Waals surface area (Å²) in [5, 5.41) is 22.7. The van der Waals surface area contributed by atoms with Gasteiger partial charge in [-0.2, -0.15) is 0 Å². The number of rotatable bonds is 12. The first-order valence-electron chi connectivity index (χ1n) is 8.00. The lowest BCUT2D eigenvalue weighted by Crippen LogP contribution is -2.45. The largest absolute Gasteiger partial charge is 0.480 e. The maximum absolute atomic E-state index is 11.8. The van der Waals surface area contributed by atoms with Gasteiger partial charge in [-0.1, -0.05) is 51.9 Å². The molecule has 0 aliphatic heterocycles. The zero-order valence-corrected chi connectivity index (χ0v) is 16.3. The summed E-state index contributed by atoms with van der Waals surface area (Å²) in [5.74, 6) is -3.12. The number of ether oxygens (including phenoxy) is 1. The van der Waals surface area contributed by atoms with Gasteiger partial charge in [-0.15, -0.1) is 0 Å². The second kappa shape index (κ2) is 12.9. The smallest absolute Gasteiger partial charge is 0.408 e. The molecule has 0 bridgehead atoms. The molecule has 2 amide bonds. The van der Waals surface area contributed by atoms with Crippen molar-refractivity contribution in [2.24, 2.45) is 5.73 Å². The molecule has 0 saturated heterocycles. The van der Waals surface area contributed by atoms with Crippen molar-refractivity contribution in [3.05, 3.63) is 35.9 Å². The first-order chi connectivity index (χ1) is 13.3. The highest BCUT2D eigenvalue weighted by atomic mass is 33.1. The van der Waals surface area contributed by atoms with Gasteiger partial charge in [0.1, 0.15) is 18.7 Å². The Morgan fingerprint density at radius 2 is 1.50 bits per heavy atom. The first kappa shape index (κ1) is 23.6. The number of hydrogen-bond acceptors (Lipinski definition) is 8. The number of nitrogens with one attached hydrogen (secondary N) is 2. The Bertz CT molecular complexity index is 675. The molecule has 10 nitrogen and oxygen atoms in total. The number of aliphatic carboxylic acids is 2. The molecule has 1 aromatic carbocycles. The summed E-state index contributed by atoms with van der Waals surface area (Å²) in [5.41, 5.74) is 5.88. The lowest BCUT2D eigenvalue weighted by molar-refractivity contribution is -0.141.